The number of aryl methyl sites for hydroxylation is 1. The van der Waals surface area contributed by atoms with Gasteiger partial charge in [0.25, 0.3) is 0 Å². The number of rotatable bonds is 2. The topological polar surface area (TPSA) is 26.3 Å². The fraction of sp³-hybridized carbons (Fsp3) is 0.562. The lowest BCUT2D eigenvalue weighted by Crippen LogP contribution is -2.42. The fourth-order valence-electron chi connectivity index (χ4n) is 3.15. The van der Waals surface area contributed by atoms with Crippen molar-refractivity contribution in [1.82, 2.24) is 0 Å². The lowest BCUT2D eigenvalue weighted by atomic mass is 9.81. The summed E-state index contributed by atoms with van der Waals surface area (Å²) in [5.74, 6) is 2.55. The molecule has 0 radical (unpaired) electrons. The molecule has 20 heavy (non-hydrogen) atoms. The van der Waals surface area contributed by atoms with Gasteiger partial charge in [-0.2, -0.15) is 11.8 Å². The van der Waals surface area contributed by atoms with E-state index in [1.165, 1.54) is 0 Å². The Balaban J connectivity index is 1.77. The molecule has 2 heterocycles. The van der Waals surface area contributed by atoms with Crippen LogP contribution in [0.3, 0.4) is 0 Å². The molecular weight excluding hydrogens is 292 g/mol. The summed E-state index contributed by atoms with van der Waals surface area (Å²) >= 11 is 7.98. The fourth-order valence-corrected chi connectivity index (χ4v) is 4.64. The van der Waals surface area contributed by atoms with Gasteiger partial charge < -0.3 is 4.74 Å². The largest absolute Gasteiger partial charge is 0.374 e. The number of carbonyl (C=O) groups excluding carboxylic acids is 1. The molecule has 2 saturated heterocycles. The van der Waals surface area contributed by atoms with Crippen molar-refractivity contribution in [3.8, 4) is 0 Å². The van der Waals surface area contributed by atoms with Crippen molar-refractivity contribution in [1.29, 1.82) is 0 Å². The Kier molecular flexibility index (Phi) is 4.11. The zero-order valence-electron chi connectivity index (χ0n) is 11.7. The van der Waals surface area contributed by atoms with Crippen LogP contribution in [0.4, 0.5) is 0 Å². The quantitative estimate of drug-likeness (QED) is 0.768. The van der Waals surface area contributed by atoms with Gasteiger partial charge in [-0.15, -0.1) is 0 Å². The molecule has 2 atom stereocenters. The molecule has 2 unspecified atom stereocenters. The Morgan fingerprint density at radius 1 is 1.50 bits per heavy atom. The van der Waals surface area contributed by atoms with E-state index in [1.807, 2.05) is 36.9 Å². The smallest absolute Gasteiger partial charge is 0.166 e. The highest BCUT2D eigenvalue weighted by atomic mass is 35.5. The van der Waals surface area contributed by atoms with Crippen LogP contribution in [-0.2, 0) is 4.74 Å². The minimum Gasteiger partial charge on any atom is -0.374 e. The normalized spacial score (nSPS) is 29.8. The number of benzene rings is 1. The summed E-state index contributed by atoms with van der Waals surface area (Å²) in [6.45, 7) is 2.65. The van der Waals surface area contributed by atoms with Crippen molar-refractivity contribution in [3.05, 3.63) is 34.3 Å². The molecule has 0 saturated carbocycles. The molecule has 2 nitrogen and oxygen atoms in total. The van der Waals surface area contributed by atoms with Crippen LogP contribution in [0.15, 0.2) is 18.2 Å². The highest BCUT2D eigenvalue weighted by Crippen LogP contribution is 2.41. The standard InChI is InChI=1S/C16H19ClO2S/c1-11-8-12(2-3-14(11)17)15(18)13-4-6-19-16(9-13)5-7-20-10-16/h2-3,8,13H,4-7,9-10H2,1H3. The summed E-state index contributed by atoms with van der Waals surface area (Å²) in [7, 11) is 0. The van der Waals surface area contributed by atoms with E-state index in [9.17, 15) is 4.79 Å². The minimum absolute atomic E-state index is 0.0370. The molecule has 1 spiro atoms. The molecule has 4 heteroatoms. The zero-order chi connectivity index (χ0) is 14.2. The van der Waals surface area contributed by atoms with E-state index in [4.69, 9.17) is 16.3 Å². The Bertz CT molecular complexity index is 523. The van der Waals surface area contributed by atoms with Crippen molar-refractivity contribution < 1.29 is 9.53 Å². The number of hydrogen-bond donors (Lipinski definition) is 0. The van der Waals surface area contributed by atoms with Gasteiger partial charge in [-0.1, -0.05) is 11.6 Å². The van der Waals surface area contributed by atoms with E-state index in [1.54, 1.807) is 0 Å². The Morgan fingerprint density at radius 2 is 2.35 bits per heavy atom. The van der Waals surface area contributed by atoms with Crippen LogP contribution >= 0.6 is 23.4 Å². The van der Waals surface area contributed by atoms with E-state index >= 15 is 0 Å². The highest BCUT2D eigenvalue weighted by molar-refractivity contribution is 7.99. The molecule has 0 aliphatic carbocycles. The molecule has 2 aliphatic heterocycles. The summed E-state index contributed by atoms with van der Waals surface area (Å²) in [6.07, 6.45) is 2.80. The molecule has 0 bridgehead atoms. The summed E-state index contributed by atoms with van der Waals surface area (Å²) in [6, 6.07) is 5.59. The van der Waals surface area contributed by atoms with Gasteiger partial charge in [0.15, 0.2) is 5.78 Å². The number of hydrogen-bond acceptors (Lipinski definition) is 3. The van der Waals surface area contributed by atoms with Crippen LogP contribution in [0.25, 0.3) is 0 Å². The number of ketones is 1. The molecule has 0 aromatic heterocycles. The summed E-state index contributed by atoms with van der Waals surface area (Å²) in [5.41, 5.74) is 1.72. The third-order valence-corrected chi connectivity index (χ3v) is 6.02. The summed E-state index contributed by atoms with van der Waals surface area (Å²) < 4.78 is 5.99. The predicted octanol–water partition coefficient (Wildman–Crippen LogP) is 4.13. The van der Waals surface area contributed by atoms with E-state index in [2.05, 4.69) is 0 Å². The first-order chi connectivity index (χ1) is 9.60. The Hall–Kier alpha value is -0.510. The molecule has 3 rings (SSSR count). The first-order valence-electron chi connectivity index (χ1n) is 7.12. The van der Waals surface area contributed by atoms with Gasteiger partial charge in [0, 0.05) is 28.9 Å². The molecule has 1 aromatic carbocycles. The van der Waals surface area contributed by atoms with Gasteiger partial charge in [0.1, 0.15) is 0 Å². The van der Waals surface area contributed by atoms with Crippen LogP contribution in [-0.4, -0.2) is 29.5 Å². The maximum Gasteiger partial charge on any atom is 0.166 e. The van der Waals surface area contributed by atoms with Gasteiger partial charge in [-0.3, -0.25) is 4.79 Å². The highest BCUT2D eigenvalue weighted by Gasteiger charge is 2.42. The second-order valence-electron chi connectivity index (χ2n) is 5.85. The van der Waals surface area contributed by atoms with Crippen LogP contribution < -0.4 is 0 Å². The van der Waals surface area contributed by atoms with Gasteiger partial charge in [-0.05, 0) is 55.7 Å². The second kappa shape index (κ2) is 5.70. The predicted molar refractivity (Wildman–Crippen MR) is 83.9 cm³/mol. The molecule has 2 aliphatic rings. The minimum atomic E-state index is -0.0370. The second-order valence-corrected chi connectivity index (χ2v) is 7.36. The van der Waals surface area contributed by atoms with Crippen LogP contribution in [0.2, 0.25) is 5.02 Å². The van der Waals surface area contributed by atoms with Crippen LogP contribution in [0, 0.1) is 12.8 Å². The van der Waals surface area contributed by atoms with Crippen molar-refractivity contribution in [2.45, 2.75) is 31.8 Å². The lowest BCUT2D eigenvalue weighted by Gasteiger charge is -2.37. The lowest BCUT2D eigenvalue weighted by molar-refractivity contribution is -0.0734. The Morgan fingerprint density at radius 3 is 3.05 bits per heavy atom. The number of halogens is 1. The van der Waals surface area contributed by atoms with Crippen molar-refractivity contribution in [2.24, 2.45) is 5.92 Å². The third kappa shape index (κ3) is 2.76. The van der Waals surface area contributed by atoms with Crippen molar-refractivity contribution in [2.75, 3.05) is 18.1 Å². The van der Waals surface area contributed by atoms with E-state index in [-0.39, 0.29) is 17.3 Å². The number of Topliss-reactive ketones (excluding diaryl/α,β-unsaturated/α-hetero) is 1. The van der Waals surface area contributed by atoms with E-state index < -0.39 is 0 Å². The summed E-state index contributed by atoms with van der Waals surface area (Å²) in [5, 5.41) is 0.720. The number of thioether (sulfide) groups is 1. The molecule has 0 amide bonds. The molecule has 108 valence electrons. The third-order valence-electron chi connectivity index (χ3n) is 4.37. The molecule has 1 aromatic rings. The average molecular weight is 311 g/mol. The van der Waals surface area contributed by atoms with Crippen molar-refractivity contribution in [3.63, 3.8) is 0 Å². The van der Waals surface area contributed by atoms with E-state index in [0.717, 1.165) is 46.9 Å². The first-order valence-corrected chi connectivity index (χ1v) is 8.65. The number of carbonyl (C=O) groups is 1. The first kappa shape index (κ1) is 14.4. The SMILES string of the molecule is Cc1cc(C(=O)C2CCOC3(CCSC3)C2)ccc1Cl. The van der Waals surface area contributed by atoms with Crippen molar-refractivity contribution >= 4 is 29.1 Å². The summed E-state index contributed by atoms with van der Waals surface area (Å²) in [4.78, 5) is 12.7. The van der Waals surface area contributed by atoms with Crippen LogP contribution in [0.1, 0.15) is 35.2 Å². The molecular formula is C16H19ClO2S. The van der Waals surface area contributed by atoms with Gasteiger partial charge in [-0.25, -0.2) is 0 Å². The molecule has 0 N–H and O–H groups in total. The van der Waals surface area contributed by atoms with Crippen LogP contribution in [0.5, 0.6) is 0 Å². The maximum atomic E-state index is 12.7. The Labute approximate surface area is 129 Å². The average Bonchev–Trinajstić information content (AvgIpc) is 2.89. The van der Waals surface area contributed by atoms with E-state index in [0.29, 0.717) is 6.61 Å². The van der Waals surface area contributed by atoms with Gasteiger partial charge >= 0.3 is 0 Å². The zero-order valence-corrected chi connectivity index (χ0v) is 13.2. The van der Waals surface area contributed by atoms with Gasteiger partial charge in [0.05, 0.1) is 5.60 Å². The number of ether oxygens (including phenoxy) is 1. The van der Waals surface area contributed by atoms with Gasteiger partial charge in [0.2, 0.25) is 0 Å². The maximum absolute atomic E-state index is 12.7. The molecule has 2 fully saturated rings. The monoisotopic (exact) mass is 310 g/mol.